The first-order valence-electron chi connectivity index (χ1n) is 7.44. The molecule has 1 aromatic carbocycles. The molecule has 1 aromatic rings. The quantitative estimate of drug-likeness (QED) is 0.347. The van der Waals surface area contributed by atoms with Crippen LogP contribution >= 0.6 is 22.6 Å². The van der Waals surface area contributed by atoms with Gasteiger partial charge in [-0.1, -0.05) is 0 Å². The van der Waals surface area contributed by atoms with Crippen LogP contribution in [0.15, 0.2) is 18.2 Å². The number of esters is 1. The Morgan fingerprint density at radius 2 is 1.92 bits per heavy atom. The van der Waals surface area contributed by atoms with Crippen molar-refractivity contribution < 1.29 is 23.9 Å². The molecule has 0 saturated heterocycles. The molecule has 2 amide bonds. The molecule has 9 heteroatoms. The summed E-state index contributed by atoms with van der Waals surface area (Å²) in [6.07, 6.45) is -0.704. The molecule has 0 bridgehead atoms. The highest BCUT2D eigenvalue weighted by molar-refractivity contribution is 14.1. The summed E-state index contributed by atoms with van der Waals surface area (Å²) >= 11 is 2.07. The number of nitrogens with one attached hydrogen (secondary N) is 2. The Morgan fingerprint density at radius 3 is 2.44 bits per heavy atom. The minimum Gasteiger partial charge on any atom is -0.467 e. The molecule has 1 rings (SSSR count). The number of halogens is 1. The van der Waals surface area contributed by atoms with E-state index in [1.807, 2.05) is 0 Å². The molecular formula is C16H22IN3O5. The van der Waals surface area contributed by atoms with Gasteiger partial charge < -0.3 is 25.8 Å². The zero-order valence-electron chi connectivity index (χ0n) is 14.5. The Morgan fingerprint density at radius 1 is 1.28 bits per heavy atom. The number of carbonyl (C=O) groups excluding carboxylic acids is 3. The van der Waals surface area contributed by atoms with E-state index in [1.165, 1.54) is 7.11 Å². The van der Waals surface area contributed by atoms with Crippen molar-refractivity contribution in [1.82, 2.24) is 10.6 Å². The fourth-order valence-corrected chi connectivity index (χ4v) is 2.33. The van der Waals surface area contributed by atoms with Crippen LogP contribution in [0.3, 0.4) is 0 Å². The largest absolute Gasteiger partial charge is 0.467 e. The lowest BCUT2D eigenvalue weighted by molar-refractivity contribution is -0.142. The predicted molar refractivity (Wildman–Crippen MR) is 101 cm³/mol. The maximum atomic E-state index is 12.3. The maximum Gasteiger partial charge on any atom is 0.407 e. The number of ether oxygens (including phenoxy) is 2. The fourth-order valence-electron chi connectivity index (χ4n) is 1.81. The van der Waals surface area contributed by atoms with Crippen LogP contribution in [0.1, 0.15) is 31.1 Å². The number of benzene rings is 1. The molecule has 0 spiro atoms. The van der Waals surface area contributed by atoms with Gasteiger partial charge in [-0.05, 0) is 61.6 Å². The first-order valence-corrected chi connectivity index (χ1v) is 8.52. The third-order valence-electron chi connectivity index (χ3n) is 2.90. The van der Waals surface area contributed by atoms with Crippen molar-refractivity contribution in [3.05, 3.63) is 27.3 Å². The Hall–Kier alpha value is -2.04. The van der Waals surface area contributed by atoms with Gasteiger partial charge in [-0.15, -0.1) is 0 Å². The number of nitrogens with two attached hydrogens (primary N) is 1. The molecule has 4 N–H and O–H groups in total. The molecule has 0 radical (unpaired) electrons. The zero-order chi connectivity index (χ0) is 19.2. The summed E-state index contributed by atoms with van der Waals surface area (Å²) in [4.78, 5) is 35.9. The summed E-state index contributed by atoms with van der Waals surface area (Å²) in [6, 6.07) is 3.84. The molecular weight excluding hydrogens is 441 g/mol. The van der Waals surface area contributed by atoms with Gasteiger partial charge in [-0.3, -0.25) is 4.79 Å². The Labute approximate surface area is 159 Å². The van der Waals surface area contributed by atoms with Crippen LogP contribution < -0.4 is 16.4 Å². The molecule has 138 valence electrons. The average molecular weight is 463 g/mol. The minimum absolute atomic E-state index is 0.183. The molecule has 0 saturated carbocycles. The number of hydrogen-bond donors (Lipinski definition) is 3. The molecule has 8 nitrogen and oxygen atoms in total. The van der Waals surface area contributed by atoms with E-state index < -0.39 is 29.6 Å². The summed E-state index contributed by atoms with van der Waals surface area (Å²) in [6.45, 7) is 4.96. The van der Waals surface area contributed by atoms with Gasteiger partial charge in [-0.25, -0.2) is 9.59 Å². The normalized spacial score (nSPS) is 12.0. The average Bonchev–Trinajstić information content (AvgIpc) is 2.48. The van der Waals surface area contributed by atoms with Gasteiger partial charge in [0.1, 0.15) is 11.6 Å². The Kier molecular flexibility index (Phi) is 7.46. The van der Waals surface area contributed by atoms with Crippen LogP contribution in [0.25, 0.3) is 0 Å². The minimum atomic E-state index is -1.08. The van der Waals surface area contributed by atoms with Crippen molar-refractivity contribution >= 4 is 46.2 Å². The van der Waals surface area contributed by atoms with Gasteiger partial charge in [-0.2, -0.15) is 0 Å². The number of alkyl carbamates (subject to hydrolysis) is 1. The summed E-state index contributed by atoms with van der Waals surface area (Å²) in [5.41, 5.74) is 5.66. The van der Waals surface area contributed by atoms with Crippen molar-refractivity contribution in [3.8, 4) is 0 Å². The topological polar surface area (TPSA) is 120 Å². The molecule has 0 heterocycles. The lowest BCUT2D eigenvalue weighted by atomic mass is 10.1. The van der Waals surface area contributed by atoms with E-state index in [0.29, 0.717) is 0 Å². The standard InChI is InChI=1S/C16H22IN3O5/c1-16(2,3)25-15(23)19-8-12(14(22)24-4)20-13(21)10-6-5-9(17)7-11(10)18/h5-7,12H,8,18H2,1-4H3,(H,19,23)(H,20,21). The van der Waals surface area contributed by atoms with Gasteiger partial charge in [0.05, 0.1) is 19.2 Å². The SMILES string of the molecule is COC(=O)C(CNC(=O)OC(C)(C)C)NC(=O)c1ccc(I)cc1N. The van der Waals surface area contributed by atoms with E-state index in [9.17, 15) is 14.4 Å². The van der Waals surface area contributed by atoms with Crippen LogP contribution in [0.4, 0.5) is 10.5 Å². The Bertz CT molecular complexity index is 658. The lowest BCUT2D eigenvalue weighted by Crippen LogP contribution is -2.49. The molecule has 0 fully saturated rings. The van der Waals surface area contributed by atoms with Gasteiger partial charge in [0.25, 0.3) is 5.91 Å². The second kappa shape index (κ2) is 8.88. The van der Waals surface area contributed by atoms with E-state index in [-0.39, 0.29) is 17.8 Å². The summed E-state index contributed by atoms with van der Waals surface area (Å²) in [5.74, 6) is -1.25. The van der Waals surface area contributed by atoms with Gasteiger partial charge in [0.2, 0.25) is 0 Å². The van der Waals surface area contributed by atoms with Crippen LogP contribution in [-0.4, -0.2) is 43.3 Å². The highest BCUT2D eigenvalue weighted by Gasteiger charge is 2.25. The van der Waals surface area contributed by atoms with Crippen LogP contribution in [-0.2, 0) is 14.3 Å². The molecule has 25 heavy (non-hydrogen) atoms. The molecule has 0 aliphatic heterocycles. The smallest absolute Gasteiger partial charge is 0.407 e. The third-order valence-corrected chi connectivity index (χ3v) is 3.57. The second-order valence-corrected chi connectivity index (χ2v) is 7.41. The molecule has 0 aliphatic carbocycles. The van der Waals surface area contributed by atoms with Gasteiger partial charge in [0.15, 0.2) is 0 Å². The summed E-state index contributed by atoms with van der Waals surface area (Å²) < 4.78 is 10.6. The zero-order valence-corrected chi connectivity index (χ0v) is 16.7. The van der Waals surface area contributed by atoms with Gasteiger partial charge in [0, 0.05) is 9.26 Å². The van der Waals surface area contributed by atoms with Crippen molar-refractivity contribution in [2.24, 2.45) is 0 Å². The number of nitrogen functional groups attached to an aromatic ring is 1. The van der Waals surface area contributed by atoms with E-state index in [4.69, 9.17) is 10.5 Å². The van der Waals surface area contributed by atoms with Crippen molar-refractivity contribution in [3.63, 3.8) is 0 Å². The Balaban J connectivity index is 2.77. The molecule has 0 aliphatic rings. The lowest BCUT2D eigenvalue weighted by Gasteiger charge is -2.22. The summed E-state index contributed by atoms with van der Waals surface area (Å²) in [5, 5.41) is 4.92. The first kappa shape index (κ1) is 21.0. The van der Waals surface area contributed by atoms with Crippen molar-refractivity contribution in [2.45, 2.75) is 32.4 Å². The molecule has 0 aromatic heterocycles. The fraction of sp³-hybridized carbons (Fsp3) is 0.438. The van der Waals surface area contributed by atoms with Crippen LogP contribution in [0.2, 0.25) is 0 Å². The first-order chi connectivity index (χ1) is 11.5. The number of carbonyl (C=O) groups is 3. The van der Waals surface area contributed by atoms with E-state index in [0.717, 1.165) is 3.57 Å². The van der Waals surface area contributed by atoms with E-state index in [2.05, 4.69) is 38.0 Å². The summed E-state index contributed by atoms with van der Waals surface area (Å²) in [7, 11) is 1.19. The van der Waals surface area contributed by atoms with Crippen molar-refractivity contribution in [2.75, 3.05) is 19.4 Å². The van der Waals surface area contributed by atoms with Crippen LogP contribution in [0.5, 0.6) is 0 Å². The number of amides is 2. The predicted octanol–water partition coefficient (Wildman–Crippen LogP) is 1.67. The number of hydrogen-bond acceptors (Lipinski definition) is 6. The highest BCUT2D eigenvalue weighted by Crippen LogP contribution is 2.16. The third kappa shape index (κ3) is 7.16. The number of anilines is 1. The number of methoxy groups -OCH3 is 1. The monoisotopic (exact) mass is 463 g/mol. The van der Waals surface area contributed by atoms with Gasteiger partial charge >= 0.3 is 12.1 Å². The highest BCUT2D eigenvalue weighted by atomic mass is 127. The maximum absolute atomic E-state index is 12.3. The van der Waals surface area contributed by atoms with E-state index >= 15 is 0 Å². The van der Waals surface area contributed by atoms with Crippen LogP contribution in [0, 0.1) is 3.57 Å². The second-order valence-electron chi connectivity index (χ2n) is 6.16. The van der Waals surface area contributed by atoms with Crippen molar-refractivity contribution in [1.29, 1.82) is 0 Å². The van der Waals surface area contributed by atoms with E-state index in [1.54, 1.807) is 39.0 Å². The molecule has 1 atom stereocenters. The molecule has 1 unspecified atom stereocenters. The number of rotatable bonds is 5.